The third kappa shape index (κ3) is 2.06. The van der Waals surface area contributed by atoms with Crippen LogP contribution in [0.3, 0.4) is 0 Å². The molecule has 0 aliphatic heterocycles. The zero-order valence-electron chi connectivity index (χ0n) is 8.26. The van der Waals surface area contributed by atoms with Crippen LogP contribution in [0, 0.1) is 6.92 Å². The summed E-state index contributed by atoms with van der Waals surface area (Å²) < 4.78 is 74.6. The molecule has 96 valence electrons. The van der Waals surface area contributed by atoms with Gasteiger partial charge in [-0.15, -0.1) is 0 Å². The van der Waals surface area contributed by atoms with Crippen LogP contribution in [0.5, 0.6) is 0 Å². The Bertz CT molecular complexity index is 399. The number of aromatic nitrogens is 2. The Morgan fingerprint density at radius 3 is 1.71 bits per heavy atom. The average molecular weight is 260 g/mol. The molecule has 1 heterocycles. The Morgan fingerprint density at radius 2 is 1.35 bits per heavy atom. The van der Waals surface area contributed by atoms with E-state index in [0.29, 0.717) is 6.20 Å². The normalized spacial score (nSPS) is 13.9. The Labute approximate surface area is 91.1 Å². The summed E-state index contributed by atoms with van der Waals surface area (Å²) in [5.74, 6) is 0. The van der Waals surface area contributed by atoms with Crippen LogP contribution in [0.25, 0.3) is 0 Å². The third-order valence-corrected chi connectivity index (χ3v) is 2.04. The van der Waals surface area contributed by atoms with E-state index in [-0.39, 0.29) is 0 Å². The molecule has 1 aromatic heterocycles. The van der Waals surface area contributed by atoms with Crippen LogP contribution >= 0.6 is 0 Å². The molecule has 0 fully saturated rings. The second-order valence-corrected chi connectivity index (χ2v) is 3.20. The van der Waals surface area contributed by atoms with E-state index in [1.54, 1.807) is 0 Å². The third-order valence-electron chi connectivity index (χ3n) is 2.04. The minimum Gasteiger partial charge on any atom is -0.368 e. The lowest BCUT2D eigenvalue weighted by Gasteiger charge is -2.32. The first-order chi connectivity index (χ1) is 7.52. The first-order valence-corrected chi connectivity index (χ1v) is 4.15. The zero-order chi connectivity index (χ0) is 13.5. The highest BCUT2D eigenvalue weighted by atomic mass is 19.4. The summed E-state index contributed by atoms with van der Waals surface area (Å²) in [5.41, 5.74) is -7.23. The second kappa shape index (κ2) is 3.83. The topological polar surface area (TPSA) is 46.0 Å². The summed E-state index contributed by atoms with van der Waals surface area (Å²) in [7, 11) is 0. The summed E-state index contributed by atoms with van der Waals surface area (Å²) in [6, 6.07) is 0. The number of alkyl halides is 6. The molecular weight excluding hydrogens is 254 g/mol. The van der Waals surface area contributed by atoms with E-state index in [1.165, 1.54) is 0 Å². The maximum Gasteiger partial charge on any atom is 0.432 e. The minimum atomic E-state index is -5.94. The molecule has 1 aromatic rings. The summed E-state index contributed by atoms with van der Waals surface area (Å²) in [6.07, 6.45) is -10.3. The molecule has 0 amide bonds. The van der Waals surface area contributed by atoms with Crippen molar-refractivity contribution in [2.45, 2.75) is 24.9 Å². The molecule has 0 bridgehead atoms. The summed E-state index contributed by atoms with van der Waals surface area (Å²) in [6.45, 7) is 0.894. The van der Waals surface area contributed by atoms with Gasteiger partial charge in [-0.1, -0.05) is 0 Å². The number of halogens is 6. The van der Waals surface area contributed by atoms with Crippen molar-refractivity contribution in [3.63, 3.8) is 0 Å². The quantitative estimate of drug-likeness (QED) is 0.786. The van der Waals surface area contributed by atoms with Crippen molar-refractivity contribution in [1.29, 1.82) is 0 Å². The van der Waals surface area contributed by atoms with Crippen molar-refractivity contribution in [2.24, 2.45) is 0 Å². The molecule has 17 heavy (non-hydrogen) atoms. The highest BCUT2D eigenvalue weighted by Crippen LogP contribution is 2.49. The molecular formula is C8H6F6N2O. The fourth-order valence-electron chi connectivity index (χ4n) is 1.19. The lowest BCUT2D eigenvalue weighted by molar-refractivity contribution is -0.377. The maximum atomic E-state index is 12.4. The van der Waals surface area contributed by atoms with Crippen molar-refractivity contribution in [3.05, 3.63) is 23.8 Å². The standard InChI is InChI=1S/C8H6F6N2O/c1-4-5(16-3-2-15-4)6(17,7(9,10)11)8(12,13)14/h2-3,17H,1H3. The van der Waals surface area contributed by atoms with E-state index >= 15 is 0 Å². The van der Waals surface area contributed by atoms with Gasteiger partial charge in [0.25, 0.3) is 0 Å². The Kier molecular flexibility index (Phi) is 3.08. The van der Waals surface area contributed by atoms with Gasteiger partial charge in [-0.2, -0.15) is 26.3 Å². The molecule has 0 aliphatic carbocycles. The smallest absolute Gasteiger partial charge is 0.368 e. The predicted octanol–water partition coefficient (Wildman–Crippen LogP) is 2.10. The highest BCUT2D eigenvalue weighted by molar-refractivity contribution is 5.22. The predicted molar refractivity (Wildman–Crippen MR) is 42.8 cm³/mol. The van der Waals surface area contributed by atoms with Gasteiger partial charge in [0.1, 0.15) is 5.69 Å². The average Bonchev–Trinajstić information content (AvgIpc) is 2.13. The van der Waals surface area contributed by atoms with E-state index < -0.39 is 29.3 Å². The van der Waals surface area contributed by atoms with Crippen LogP contribution in [0.4, 0.5) is 26.3 Å². The molecule has 0 saturated carbocycles. The Hall–Kier alpha value is -1.38. The molecule has 9 heteroatoms. The SMILES string of the molecule is Cc1nccnc1C(O)(C(F)(F)F)C(F)(F)F. The molecule has 0 aliphatic rings. The summed E-state index contributed by atoms with van der Waals surface area (Å²) >= 11 is 0. The molecule has 0 radical (unpaired) electrons. The molecule has 0 atom stereocenters. The first-order valence-electron chi connectivity index (χ1n) is 4.15. The fourth-order valence-corrected chi connectivity index (χ4v) is 1.19. The number of hydrogen-bond donors (Lipinski definition) is 1. The van der Waals surface area contributed by atoms with Crippen LogP contribution < -0.4 is 0 Å². The van der Waals surface area contributed by atoms with E-state index in [9.17, 15) is 26.3 Å². The van der Waals surface area contributed by atoms with E-state index in [2.05, 4.69) is 9.97 Å². The summed E-state index contributed by atoms with van der Waals surface area (Å²) in [4.78, 5) is 6.18. The monoisotopic (exact) mass is 260 g/mol. The van der Waals surface area contributed by atoms with Crippen LogP contribution in [0.2, 0.25) is 0 Å². The van der Waals surface area contributed by atoms with Crippen molar-refractivity contribution in [3.8, 4) is 0 Å². The number of aryl methyl sites for hydroxylation is 1. The highest BCUT2D eigenvalue weighted by Gasteiger charge is 2.73. The molecule has 0 saturated heterocycles. The van der Waals surface area contributed by atoms with Crippen molar-refractivity contribution < 1.29 is 31.4 Å². The van der Waals surface area contributed by atoms with Gasteiger partial charge in [0.15, 0.2) is 0 Å². The molecule has 0 unspecified atom stereocenters. The van der Waals surface area contributed by atoms with Crippen molar-refractivity contribution in [2.75, 3.05) is 0 Å². The van der Waals surface area contributed by atoms with Gasteiger partial charge in [0, 0.05) is 12.4 Å². The number of rotatable bonds is 1. The second-order valence-electron chi connectivity index (χ2n) is 3.20. The van der Waals surface area contributed by atoms with Crippen molar-refractivity contribution >= 4 is 0 Å². The van der Waals surface area contributed by atoms with Gasteiger partial charge >= 0.3 is 18.0 Å². The van der Waals surface area contributed by atoms with E-state index in [4.69, 9.17) is 5.11 Å². The Balaban J connectivity index is 3.53. The van der Waals surface area contributed by atoms with Crippen LogP contribution in [0.15, 0.2) is 12.4 Å². The van der Waals surface area contributed by atoms with Gasteiger partial charge in [0.2, 0.25) is 0 Å². The van der Waals surface area contributed by atoms with Crippen LogP contribution in [-0.2, 0) is 5.60 Å². The first kappa shape index (κ1) is 13.7. The van der Waals surface area contributed by atoms with Gasteiger partial charge in [-0.05, 0) is 6.92 Å². The molecule has 0 aromatic carbocycles. The maximum absolute atomic E-state index is 12.4. The number of hydrogen-bond acceptors (Lipinski definition) is 3. The fraction of sp³-hybridized carbons (Fsp3) is 0.500. The van der Waals surface area contributed by atoms with Gasteiger partial charge in [-0.3, -0.25) is 9.97 Å². The summed E-state index contributed by atoms with van der Waals surface area (Å²) in [5, 5.41) is 8.98. The van der Waals surface area contributed by atoms with Gasteiger partial charge in [-0.25, -0.2) is 0 Å². The van der Waals surface area contributed by atoms with E-state index in [1.807, 2.05) is 0 Å². The lowest BCUT2D eigenvalue weighted by atomic mass is 9.96. The molecule has 1 N–H and O–H groups in total. The number of nitrogens with zero attached hydrogens (tertiary/aromatic N) is 2. The van der Waals surface area contributed by atoms with Crippen LogP contribution in [-0.4, -0.2) is 27.4 Å². The number of aliphatic hydroxyl groups is 1. The Morgan fingerprint density at radius 1 is 0.941 bits per heavy atom. The molecule has 0 spiro atoms. The largest absolute Gasteiger partial charge is 0.432 e. The van der Waals surface area contributed by atoms with E-state index in [0.717, 1.165) is 13.1 Å². The van der Waals surface area contributed by atoms with Gasteiger partial charge < -0.3 is 5.11 Å². The lowest BCUT2D eigenvalue weighted by Crippen LogP contribution is -2.54. The minimum absolute atomic E-state index is 0.644. The van der Waals surface area contributed by atoms with Gasteiger partial charge in [0.05, 0.1) is 5.69 Å². The van der Waals surface area contributed by atoms with Crippen LogP contribution in [0.1, 0.15) is 11.4 Å². The molecule has 1 rings (SSSR count). The zero-order valence-corrected chi connectivity index (χ0v) is 8.26. The molecule has 3 nitrogen and oxygen atoms in total. The van der Waals surface area contributed by atoms with Crippen molar-refractivity contribution in [1.82, 2.24) is 9.97 Å².